The Morgan fingerprint density at radius 3 is 2.45 bits per heavy atom. The molecule has 2 N–H and O–H groups in total. The molecule has 114 valence electrons. The molecule has 0 aliphatic rings. The fourth-order valence-corrected chi connectivity index (χ4v) is 2.01. The summed E-state index contributed by atoms with van der Waals surface area (Å²) in [5.74, 6) is -1.51. The second kappa shape index (κ2) is 7.04. The average Bonchev–Trinajstić information content (AvgIpc) is 2.45. The van der Waals surface area contributed by atoms with Gasteiger partial charge < -0.3 is 10.6 Å². The lowest BCUT2D eigenvalue weighted by atomic mass is 10.2. The lowest BCUT2D eigenvalue weighted by Crippen LogP contribution is -2.21. The third-order valence-electron chi connectivity index (χ3n) is 2.94. The molecular formula is C16H14ClFN2O2. The molecule has 2 amide bonds. The monoisotopic (exact) mass is 320 g/mol. The second-order valence-corrected chi connectivity index (χ2v) is 5.12. The Morgan fingerprint density at radius 1 is 1.09 bits per heavy atom. The number of aryl methyl sites for hydroxylation is 1. The molecule has 2 aromatic carbocycles. The number of anilines is 2. The maximum Gasteiger partial charge on any atom is 0.233 e. The fraction of sp³-hybridized carbons (Fsp3) is 0.125. The molecule has 2 rings (SSSR count). The third kappa shape index (κ3) is 4.30. The zero-order chi connectivity index (χ0) is 16.1. The van der Waals surface area contributed by atoms with E-state index in [0.717, 1.165) is 11.6 Å². The molecule has 0 fully saturated rings. The molecule has 6 heteroatoms. The van der Waals surface area contributed by atoms with Gasteiger partial charge in [0.05, 0.1) is 5.02 Å². The lowest BCUT2D eigenvalue weighted by molar-refractivity contribution is -0.123. The van der Waals surface area contributed by atoms with Gasteiger partial charge in [0.15, 0.2) is 0 Å². The van der Waals surface area contributed by atoms with Crippen LogP contribution in [0.3, 0.4) is 0 Å². The van der Waals surface area contributed by atoms with Crippen LogP contribution in [0.1, 0.15) is 12.0 Å². The standard InChI is InChI=1S/C16H14ClFN2O2/c1-10-4-2-3-5-14(10)20-16(22)9-15(21)19-11-6-7-13(18)12(17)8-11/h2-8H,9H2,1H3,(H,19,21)(H,20,22). The van der Waals surface area contributed by atoms with Gasteiger partial charge in [0.2, 0.25) is 11.8 Å². The Kier molecular flexibility index (Phi) is 5.12. The maximum atomic E-state index is 13.0. The fourth-order valence-electron chi connectivity index (χ4n) is 1.83. The number of hydrogen-bond donors (Lipinski definition) is 2. The molecule has 0 aliphatic heterocycles. The van der Waals surface area contributed by atoms with E-state index in [1.807, 2.05) is 19.1 Å². The van der Waals surface area contributed by atoms with Gasteiger partial charge in [-0.1, -0.05) is 29.8 Å². The van der Waals surface area contributed by atoms with Crippen LogP contribution in [-0.2, 0) is 9.59 Å². The second-order valence-electron chi connectivity index (χ2n) is 4.72. The minimum absolute atomic E-state index is 0.0952. The first-order chi connectivity index (χ1) is 10.5. The highest BCUT2D eigenvalue weighted by molar-refractivity contribution is 6.31. The smallest absolute Gasteiger partial charge is 0.233 e. The number of rotatable bonds is 4. The normalized spacial score (nSPS) is 10.1. The summed E-state index contributed by atoms with van der Waals surface area (Å²) in [5.41, 5.74) is 1.90. The largest absolute Gasteiger partial charge is 0.326 e. The van der Waals surface area contributed by atoms with Crippen molar-refractivity contribution in [2.75, 3.05) is 10.6 Å². The molecule has 0 bridgehead atoms. The van der Waals surface area contributed by atoms with E-state index >= 15 is 0 Å². The highest BCUT2D eigenvalue weighted by atomic mass is 35.5. The molecule has 0 spiro atoms. The maximum absolute atomic E-state index is 13.0. The van der Waals surface area contributed by atoms with Crippen molar-refractivity contribution in [3.8, 4) is 0 Å². The molecule has 2 aromatic rings. The Balaban J connectivity index is 1.92. The van der Waals surface area contributed by atoms with E-state index in [9.17, 15) is 14.0 Å². The van der Waals surface area contributed by atoms with Crippen molar-refractivity contribution >= 4 is 34.8 Å². The summed E-state index contributed by atoms with van der Waals surface area (Å²) in [4.78, 5) is 23.6. The van der Waals surface area contributed by atoms with E-state index in [1.165, 1.54) is 12.1 Å². The van der Waals surface area contributed by atoms with Crippen LogP contribution in [0.5, 0.6) is 0 Å². The number of benzene rings is 2. The van der Waals surface area contributed by atoms with Crippen molar-refractivity contribution in [1.82, 2.24) is 0 Å². The quantitative estimate of drug-likeness (QED) is 0.843. The van der Waals surface area contributed by atoms with Gasteiger partial charge in [-0.15, -0.1) is 0 Å². The number of carbonyl (C=O) groups is 2. The minimum atomic E-state index is -0.572. The van der Waals surface area contributed by atoms with Gasteiger partial charge in [-0.3, -0.25) is 9.59 Å². The highest BCUT2D eigenvalue weighted by Crippen LogP contribution is 2.19. The molecule has 0 saturated carbocycles. The molecule has 0 unspecified atom stereocenters. The van der Waals surface area contributed by atoms with Crippen LogP contribution in [-0.4, -0.2) is 11.8 Å². The summed E-state index contributed by atoms with van der Waals surface area (Å²) in [6.07, 6.45) is -0.344. The minimum Gasteiger partial charge on any atom is -0.326 e. The molecule has 0 radical (unpaired) electrons. The van der Waals surface area contributed by atoms with Crippen molar-refractivity contribution in [1.29, 1.82) is 0 Å². The van der Waals surface area contributed by atoms with E-state index in [0.29, 0.717) is 11.4 Å². The number of halogens is 2. The van der Waals surface area contributed by atoms with E-state index < -0.39 is 17.6 Å². The Hall–Kier alpha value is -2.40. The van der Waals surface area contributed by atoms with E-state index in [1.54, 1.807) is 12.1 Å². The van der Waals surface area contributed by atoms with Crippen molar-refractivity contribution in [3.05, 3.63) is 58.9 Å². The van der Waals surface area contributed by atoms with Crippen LogP contribution in [0.2, 0.25) is 5.02 Å². The van der Waals surface area contributed by atoms with E-state index in [2.05, 4.69) is 10.6 Å². The average molecular weight is 321 g/mol. The predicted molar refractivity (Wildman–Crippen MR) is 84.5 cm³/mol. The van der Waals surface area contributed by atoms with Crippen molar-refractivity contribution < 1.29 is 14.0 Å². The van der Waals surface area contributed by atoms with Gasteiger partial charge >= 0.3 is 0 Å². The first-order valence-corrected chi connectivity index (χ1v) is 6.94. The summed E-state index contributed by atoms with van der Waals surface area (Å²) >= 11 is 5.62. The van der Waals surface area contributed by atoms with Crippen molar-refractivity contribution in [2.24, 2.45) is 0 Å². The van der Waals surface area contributed by atoms with Crippen molar-refractivity contribution in [3.63, 3.8) is 0 Å². The first kappa shape index (κ1) is 16.0. The van der Waals surface area contributed by atoms with Crippen LogP contribution in [0.25, 0.3) is 0 Å². The molecule has 0 aromatic heterocycles. The molecular weight excluding hydrogens is 307 g/mol. The van der Waals surface area contributed by atoms with Gasteiger partial charge in [0.1, 0.15) is 12.2 Å². The highest BCUT2D eigenvalue weighted by Gasteiger charge is 2.11. The van der Waals surface area contributed by atoms with Crippen LogP contribution in [0, 0.1) is 12.7 Å². The molecule has 4 nitrogen and oxygen atoms in total. The molecule has 0 heterocycles. The number of hydrogen-bond acceptors (Lipinski definition) is 2. The zero-order valence-corrected chi connectivity index (χ0v) is 12.6. The van der Waals surface area contributed by atoms with Gasteiger partial charge in [0.25, 0.3) is 0 Å². The number of carbonyl (C=O) groups excluding carboxylic acids is 2. The molecule has 0 saturated heterocycles. The Bertz CT molecular complexity index is 719. The molecule has 22 heavy (non-hydrogen) atoms. The predicted octanol–water partition coefficient (Wildman–Crippen LogP) is 3.75. The van der Waals surface area contributed by atoms with Crippen molar-refractivity contribution in [2.45, 2.75) is 13.3 Å². The van der Waals surface area contributed by atoms with Crippen LogP contribution >= 0.6 is 11.6 Å². The number of amides is 2. The summed E-state index contributed by atoms with van der Waals surface area (Å²) < 4.78 is 13.0. The summed E-state index contributed by atoms with van der Waals surface area (Å²) in [7, 11) is 0. The molecule has 0 atom stereocenters. The van der Waals surface area contributed by atoms with Crippen LogP contribution < -0.4 is 10.6 Å². The van der Waals surface area contributed by atoms with Gasteiger partial charge in [-0.2, -0.15) is 0 Å². The van der Waals surface area contributed by atoms with Gasteiger partial charge in [0, 0.05) is 11.4 Å². The Morgan fingerprint density at radius 2 is 1.77 bits per heavy atom. The number of nitrogens with one attached hydrogen (secondary N) is 2. The molecule has 0 aliphatic carbocycles. The van der Waals surface area contributed by atoms with E-state index in [-0.39, 0.29) is 11.4 Å². The summed E-state index contributed by atoms with van der Waals surface area (Å²) in [6, 6.07) is 11.1. The zero-order valence-electron chi connectivity index (χ0n) is 11.8. The van der Waals surface area contributed by atoms with Gasteiger partial charge in [-0.25, -0.2) is 4.39 Å². The number of para-hydroxylation sites is 1. The Labute approximate surface area is 132 Å². The lowest BCUT2D eigenvalue weighted by Gasteiger charge is -2.09. The van der Waals surface area contributed by atoms with Gasteiger partial charge in [-0.05, 0) is 36.8 Å². The summed E-state index contributed by atoms with van der Waals surface area (Å²) in [5, 5.41) is 5.06. The first-order valence-electron chi connectivity index (χ1n) is 6.56. The SMILES string of the molecule is Cc1ccccc1NC(=O)CC(=O)Nc1ccc(F)c(Cl)c1. The van der Waals surface area contributed by atoms with Crippen LogP contribution in [0.15, 0.2) is 42.5 Å². The topological polar surface area (TPSA) is 58.2 Å². The van der Waals surface area contributed by atoms with E-state index in [4.69, 9.17) is 11.6 Å². The summed E-state index contributed by atoms with van der Waals surface area (Å²) in [6.45, 7) is 1.86. The van der Waals surface area contributed by atoms with Crippen LogP contribution in [0.4, 0.5) is 15.8 Å². The third-order valence-corrected chi connectivity index (χ3v) is 3.23.